The Morgan fingerprint density at radius 3 is 2.83 bits per heavy atom. The van der Waals surface area contributed by atoms with Crippen molar-refractivity contribution in [3.05, 3.63) is 42.2 Å². The zero-order valence-corrected chi connectivity index (χ0v) is 15.8. The molecule has 0 radical (unpaired) electrons. The van der Waals surface area contributed by atoms with Gasteiger partial charge in [-0.2, -0.15) is 0 Å². The number of amides is 3. The summed E-state index contributed by atoms with van der Waals surface area (Å²) in [7, 11) is 0. The van der Waals surface area contributed by atoms with Crippen LogP contribution in [-0.4, -0.2) is 65.5 Å². The molecule has 0 unspecified atom stereocenters. The van der Waals surface area contributed by atoms with E-state index in [4.69, 9.17) is 14.3 Å². The summed E-state index contributed by atoms with van der Waals surface area (Å²) in [6.07, 6.45) is 1.93. The molecule has 1 saturated heterocycles. The molecule has 0 bridgehead atoms. The van der Waals surface area contributed by atoms with Gasteiger partial charge < -0.3 is 29.8 Å². The molecule has 10 heteroatoms. The van der Waals surface area contributed by atoms with Gasteiger partial charge in [0.05, 0.1) is 23.6 Å². The second-order valence-corrected chi connectivity index (χ2v) is 7.02. The standard InChI is InChI=1S/C20H19N3O7/c24-16(9-29-10-17(25)26)21-14-5-6-23-18(14)19(27)22-13-4-3-11(8-12(13)20(23)28)15-2-1-7-30-15/h1-4,7-8,14,18H,5-6,9-10H2,(H,21,24)(H,22,27)(H,25,26)/t14-,18-/m0/s1. The van der Waals surface area contributed by atoms with Gasteiger partial charge in [-0.25, -0.2) is 4.79 Å². The van der Waals surface area contributed by atoms with Crippen LogP contribution in [0.1, 0.15) is 16.8 Å². The van der Waals surface area contributed by atoms with Crippen molar-refractivity contribution in [2.45, 2.75) is 18.5 Å². The summed E-state index contributed by atoms with van der Waals surface area (Å²) in [6, 6.07) is 7.12. The zero-order chi connectivity index (χ0) is 21.3. The smallest absolute Gasteiger partial charge is 0.329 e. The third-order valence-electron chi connectivity index (χ3n) is 5.05. The molecule has 3 N–H and O–H groups in total. The van der Waals surface area contributed by atoms with Gasteiger partial charge in [0.25, 0.3) is 5.91 Å². The van der Waals surface area contributed by atoms with Crippen LogP contribution >= 0.6 is 0 Å². The lowest BCUT2D eigenvalue weighted by Crippen LogP contribution is -2.52. The summed E-state index contributed by atoms with van der Waals surface area (Å²) in [5.41, 5.74) is 1.44. The maximum Gasteiger partial charge on any atom is 0.329 e. The highest BCUT2D eigenvalue weighted by atomic mass is 16.5. The van der Waals surface area contributed by atoms with E-state index in [2.05, 4.69) is 10.6 Å². The summed E-state index contributed by atoms with van der Waals surface area (Å²) in [5.74, 6) is -1.85. The number of benzene rings is 1. The number of nitrogens with one attached hydrogen (secondary N) is 2. The Hall–Kier alpha value is -3.66. The number of hydrogen-bond donors (Lipinski definition) is 3. The monoisotopic (exact) mass is 413 g/mol. The minimum Gasteiger partial charge on any atom is -0.480 e. The molecule has 3 amide bonds. The van der Waals surface area contributed by atoms with E-state index in [9.17, 15) is 19.2 Å². The third-order valence-corrected chi connectivity index (χ3v) is 5.05. The first-order valence-corrected chi connectivity index (χ1v) is 9.32. The number of ether oxygens (including phenoxy) is 1. The summed E-state index contributed by atoms with van der Waals surface area (Å²) in [5, 5.41) is 14.0. The van der Waals surface area contributed by atoms with Crippen molar-refractivity contribution < 1.29 is 33.4 Å². The van der Waals surface area contributed by atoms with Gasteiger partial charge in [0, 0.05) is 12.1 Å². The average Bonchev–Trinajstić information content (AvgIpc) is 3.35. The molecular formula is C20H19N3O7. The molecule has 2 aromatic rings. The Morgan fingerprint density at radius 1 is 1.27 bits per heavy atom. The number of carbonyl (C=O) groups excluding carboxylic acids is 3. The van der Waals surface area contributed by atoms with E-state index in [-0.39, 0.29) is 5.91 Å². The third kappa shape index (κ3) is 3.77. The summed E-state index contributed by atoms with van der Waals surface area (Å²) >= 11 is 0. The number of rotatable bonds is 6. The fraction of sp³-hybridized carbons (Fsp3) is 0.300. The second kappa shape index (κ2) is 7.99. The van der Waals surface area contributed by atoms with Crippen LogP contribution in [0.2, 0.25) is 0 Å². The lowest BCUT2D eigenvalue weighted by Gasteiger charge is -2.24. The number of carboxylic acid groups (broad SMARTS) is 1. The van der Waals surface area contributed by atoms with Crippen LogP contribution in [0.3, 0.4) is 0 Å². The van der Waals surface area contributed by atoms with Crippen molar-refractivity contribution in [2.75, 3.05) is 25.1 Å². The molecule has 3 heterocycles. The lowest BCUT2D eigenvalue weighted by molar-refractivity contribution is -0.143. The molecule has 0 saturated carbocycles. The second-order valence-electron chi connectivity index (χ2n) is 7.02. The largest absolute Gasteiger partial charge is 0.480 e. The van der Waals surface area contributed by atoms with Crippen molar-refractivity contribution >= 4 is 29.4 Å². The topological polar surface area (TPSA) is 138 Å². The number of carbonyl (C=O) groups is 4. The van der Waals surface area contributed by atoms with E-state index >= 15 is 0 Å². The van der Waals surface area contributed by atoms with Crippen molar-refractivity contribution in [1.29, 1.82) is 0 Å². The highest BCUT2D eigenvalue weighted by molar-refractivity contribution is 6.11. The lowest BCUT2D eigenvalue weighted by atomic mass is 10.1. The van der Waals surface area contributed by atoms with Crippen LogP contribution in [-0.2, 0) is 19.1 Å². The zero-order valence-electron chi connectivity index (χ0n) is 15.8. The number of nitrogens with zero attached hydrogens (tertiary/aromatic N) is 1. The van der Waals surface area contributed by atoms with E-state index in [0.29, 0.717) is 35.5 Å². The Bertz CT molecular complexity index is 1000. The first-order valence-electron chi connectivity index (χ1n) is 9.32. The van der Waals surface area contributed by atoms with Gasteiger partial charge in [0.15, 0.2) is 0 Å². The van der Waals surface area contributed by atoms with Gasteiger partial charge in [-0.3, -0.25) is 14.4 Å². The van der Waals surface area contributed by atoms with Crippen LogP contribution < -0.4 is 10.6 Å². The summed E-state index contributed by atoms with van der Waals surface area (Å²) < 4.78 is 10.2. The number of carboxylic acids is 1. The molecule has 156 valence electrons. The number of anilines is 1. The Labute approximate surface area is 170 Å². The number of aliphatic carboxylic acids is 1. The van der Waals surface area contributed by atoms with E-state index in [1.54, 1.807) is 30.3 Å². The molecule has 0 aliphatic carbocycles. The molecule has 1 fully saturated rings. The van der Waals surface area contributed by atoms with Gasteiger partial charge in [0.2, 0.25) is 11.8 Å². The minimum atomic E-state index is -1.18. The molecule has 2 atom stereocenters. The van der Waals surface area contributed by atoms with Crippen LogP contribution in [0.15, 0.2) is 41.0 Å². The summed E-state index contributed by atoms with van der Waals surface area (Å²) in [4.78, 5) is 50.0. The fourth-order valence-corrected chi connectivity index (χ4v) is 3.76. The van der Waals surface area contributed by atoms with Gasteiger partial charge in [-0.1, -0.05) is 0 Å². The molecule has 0 spiro atoms. The first kappa shape index (κ1) is 19.6. The molecule has 1 aromatic carbocycles. The highest BCUT2D eigenvalue weighted by Gasteiger charge is 2.45. The first-order chi connectivity index (χ1) is 14.4. The van der Waals surface area contributed by atoms with Crippen molar-refractivity contribution in [2.24, 2.45) is 0 Å². The normalized spacial score (nSPS) is 20.2. The van der Waals surface area contributed by atoms with E-state index in [0.717, 1.165) is 0 Å². The fourth-order valence-electron chi connectivity index (χ4n) is 3.76. The molecule has 2 aliphatic heterocycles. The number of fused-ring (bicyclic) bond motifs is 2. The van der Waals surface area contributed by atoms with Crippen molar-refractivity contribution in [3.8, 4) is 11.3 Å². The van der Waals surface area contributed by atoms with Crippen LogP contribution in [0.5, 0.6) is 0 Å². The quantitative estimate of drug-likeness (QED) is 0.634. The Morgan fingerprint density at radius 2 is 2.10 bits per heavy atom. The van der Waals surface area contributed by atoms with Gasteiger partial charge >= 0.3 is 5.97 Å². The van der Waals surface area contributed by atoms with Crippen molar-refractivity contribution in [3.63, 3.8) is 0 Å². The van der Waals surface area contributed by atoms with Crippen LogP contribution in [0.25, 0.3) is 11.3 Å². The molecule has 4 rings (SSSR count). The Kier molecular flexibility index (Phi) is 5.23. The van der Waals surface area contributed by atoms with Gasteiger partial charge in [-0.15, -0.1) is 0 Å². The molecule has 2 aliphatic rings. The van der Waals surface area contributed by atoms with Gasteiger partial charge in [0.1, 0.15) is 25.0 Å². The van der Waals surface area contributed by atoms with Crippen molar-refractivity contribution in [1.82, 2.24) is 10.2 Å². The Balaban J connectivity index is 1.52. The number of furan rings is 1. The molecule has 30 heavy (non-hydrogen) atoms. The van der Waals surface area contributed by atoms with E-state index < -0.39 is 43.1 Å². The van der Waals surface area contributed by atoms with Crippen LogP contribution in [0, 0.1) is 0 Å². The maximum atomic E-state index is 13.2. The number of hydrogen-bond acceptors (Lipinski definition) is 6. The molecule has 10 nitrogen and oxygen atoms in total. The van der Waals surface area contributed by atoms with Gasteiger partial charge in [-0.05, 0) is 36.8 Å². The average molecular weight is 413 g/mol. The van der Waals surface area contributed by atoms with Crippen LogP contribution in [0.4, 0.5) is 5.69 Å². The summed E-state index contributed by atoms with van der Waals surface area (Å²) in [6.45, 7) is -0.750. The predicted octanol–water partition coefficient (Wildman–Crippen LogP) is 0.699. The highest BCUT2D eigenvalue weighted by Crippen LogP contribution is 2.32. The van der Waals surface area contributed by atoms with E-state index in [1.807, 2.05) is 0 Å². The molecule has 1 aromatic heterocycles. The minimum absolute atomic E-state index is 0.294. The predicted molar refractivity (Wildman–Crippen MR) is 103 cm³/mol. The molecular weight excluding hydrogens is 394 g/mol. The SMILES string of the molecule is O=C(O)COCC(=O)N[C@H]1CCN2C(=O)c3cc(-c4ccco4)ccc3NC(=O)[C@H]12. The maximum absolute atomic E-state index is 13.2. The van der Waals surface area contributed by atoms with E-state index in [1.165, 1.54) is 11.2 Å².